The van der Waals surface area contributed by atoms with E-state index >= 15 is 0 Å². The van der Waals surface area contributed by atoms with E-state index in [1.165, 1.54) is 0 Å². The Kier molecular flexibility index (Phi) is 4.16. The number of aryl methyl sites for hydroxylation is 1. The fourth-order valence-corrected chi connectivity index (χ4v) is 3.30. The summed E-state index contributed by atoms with van der Waals surface area (Å²) < 4.78 is 1.78. The molecule has 1 fully saturated rings. The van der Waals surface area contributed by atoms with Crippen molar-refractivity contribution in [2.75, 3.05) is 18.4 Å². The van der Waals surface area contributed by atoms with Crippen LogP contribution in [0.2, 0.25) is 0 Å². The number of likely N-dealkylation sites (tertiary alicyclic amines) is 1. The fourth-order valence-electron chi connectivity index (χ4n) is 3.30. The average Bonchev–Trinajstić information content (AvgIpc) is 3.23. The Labute approximate surface area is 152 Å². The van der Waals surface area contributed by atoms with Crippen molar-refractivity contribution in [3.05, 3.63) is 55.1 Å². The highest BCUT2D eigenvalue weighted by atomic mass is 16.2. The first-order chi connectivity index (χ1) is 12.6. The average molecular weight is 347 g/mol. The van der Waals surface area contributed by atoms with Gasteiger partial charge in [-0.05, 0) is 35.9 Å². The van der Waals surface area contributed by atoms with E-state index in [4.69, 9.17) is 0 Å². The van der Waals surface area contributed by atoms with Gasteiger partial charge in [0.1, 0.15) is 5.82 Å². The molecule has 0 saturated carbocycles. The Hall–Kier alpha value is -3.15. The van der Waals surface area contributed by atoms with Crippen molar-refractivity contribution in [3.63, 3.8) is 0 Å². The maximum atomic E-state index is 12.3. The number of pyridine rings is 1. The highest BCUT2D eigenvalue weighted by Crippen LogP contribution is 2.25. The molecular formula is C20H21N5O. The number of carbonyl (C=O) groups is 1. The molecule has 0 spiro atoms. The number of aromatic nitrogens is 3. The minimum Gasteiger partial charge on any atom is -0.366 e. The summed E-state index contributed by atoms with van der Waals surface area (Å²) in [5.74, 6) is 0.499. The molecule has 26 heavy (non-hydrogen) atoms. The van der Waals surface area contributed by atoms with Gasteiger partial charge >= 0.3 is 0 Å². The number of amides is 1. The number of hydrogen-bond donors (Lipinski definition) is 1. The first-order valence-corrected chi connectivity index (χ1v) is 8.70. The standard InChI is InChI=1S/C20H21N5O/c1-14-4-3-7-25(14)13-20(26)23-19-9-17-8-15(5-6-16(17)10-21-19)18-11-22-24(2)12-18/h5-6,8-12H,1,3-4,7,13H2,2H3,(H,21,23,26). The van der Waals surface area contributed by atoms with Crippen LogP contribution in [-0.2, 0) is 11.8 Å². The summed E-state index contributed by atoms with van der Waals surface area (Å²) in [6.07, 6.45) is 7.64. The van der Waals surface area contributed by atoms with Gasteiger partial charge in [0.05, 0.1) is 12.7 Å². The molecule has 4 rings (SSSR count). The summed E-state index contributed by atoms with van der Waals surface area (Å²) in [5.41, 5.74) is 3.18. The topological polar surface area (TPSA) is 63.1 Å². The maximum absolute atomic E-state index is 12.3. The highest BCUT2D eigenvalue weighted by Gasteiger charge is 2.18. The molecule has 1 amide bonds. The number of fused-ring (bicyclic) bond motifs is 1. The van der Waals surface area contributed by atoms with Crippen molar-refractivity contribution in [2.24, 2.45) is 7.05 Å². The van der Waals surface area contributed by atoms with Crippen LogP contribution in [0.5, 0.6) is 0 Å². The van der Waals surface area contributed by atoms with Crippen molar-refractivity contribution < 1.29 is 4.79 Å². The third kappa shape index (κ3) is 3.31. The number of hydrogen-bond acceptors (Lipinski definition) is 4. The maximum Gasteiger partial charge on any atom is 0.245 e. The highest BCUT2D eigenvalue weighted by molar-refractivity contribution is 5.94. The number of nitrogens with one attached hydrogen (secondary N) is 1. The molecule has 1 N–H and O–H groups in total. The van der Waals surface area contributed by atoms with Gasteiger partial charge in [0.25, 0.3) is 0 Å². The van der Waals surface area contributed by atoms with Gasteiger partial charge in [-0.1, -0.05) is 18.7 Å². The summed E-state index contributed by atoms with van der Waals surface area (Å²) in [6, 6.07) is 8.08. The lowest BCUT2D eigenvalue weighted by Gasteiger charge is -2.18. The fraction of sp³-hybridized carbons (Fsp3) is 0.250. The SMILES string of the molecule is C=C1CCCN1CC(=O)Nc1cc2cc(-c3cnn(C)c3)ccc2cn1. The van der Waals surface area contributed by atoms with E-state index in [-0.39, 0.29) is 5.91 Å². The van der Waals surface area contributed by atoms with Crippen molar-refractivity contribution in [1.82, 2.24) is 19.7 Å². The molecule has 1 aliphatic rings. The van der Waals surface area contributed by atoms with E-state index in [9.17, 15) is 4.79 Å². The van der Waals surface area contributed by atoms with E-state index in [0.717, 1.165) is 47.0 Å². The summed E-state index contributed by atoms with van der Waals surface area (Å²) in [6.45, 7) is 5.22. The number of allylic oxidation sites excluding steroid dienone is 1. The Bertz CT molecular complexity index is 991. The summed E-state index contributed by atoms with van der Waals surface area (Å²) in [7, 11) is 1.90. The zero-order chi connectivity index (χ0) is 18.1. The molecule has 0 radical (unpaired) electrons. The molecule has 0 unspecified atom stereocenters. The van der Waals surface area contributed by atoms with Gasteiger partial charge in [0.15, 0.2) is 0 Å². The molecule has 132 valence electrons. The third-order valence-corrected chi connectivity index (χ3v) is 4.70. The van der Waals surface area contributed by atoms with Crippen LogP contribution in [0, 0.1) is 0 Å². The number of nitrogens with zero attached hydrogens (tertiary/aromatic N) is 4. The zero-order valence-electron chi connectivity index (χ0n) is 14.8. The predicted molar refractivity (Wildman–Crippen MR) is 103 cm³/mol. The van der Waals surface area contributed by atoms with Crippen LogP contribution in [0.3, 0.4) is 0 Å². The second-order valence-corrected chi connectivity index (χ2v) is 6.67. The third-order valence-electron chi connectivity index (χ3n) is 4.70. The molecule has 0 atom stereocenters. The van der Waals surface area contributed by atoms with Gasteiger partial charge in [-0.25, -0.2) is 4.98 Å². The predicted octanol–water partition coefficient (Wildman–Crippen LogP) is 3.18. The lowest BCUT2D eigenvalue weighted by atomic mass is 10.1. The minimum absolute atomic E-state index is 0.0664. The van der Waals surface area contributed by atoms with Crippen LogP contribution in [0.25, 0.3) is 21.9 Å². The number of carbonyl (C=O) groups excluding carboxylic acids is 1. The molecular weight excluding hydrogens is 326 g/mol. The van der Waals surface area contributed by atoms with Crippen LogP contribution in [-0.4, -0.2) is 38.7 Å². The Morgan fingerprint density at radius 3 is 2.85 bits per heavy atom. The lowest BCUT2D eigenvalue weighted by molar-refractivity contribution is -0.116. The molecule has 3 heterocycles. The first-order valence-electron chi connectivity index (χ1n) is 8.70. The summed E-state index contributed by atoms with van der Waals surface area (Å²) in [5, 5.41) is 9.18. The molecule has 3 aromatic rings. The zero-order valence-corrected chi connectivity index (χ0v) is 14.8. The van der Waals surface area contributed by atoms with E-state index in [2.05, 4.69) is 34.1 Å². The quantitative estimate of drug-likeness (QED) is 0.787. The smallest absolute Gasteiger partial charge is 0.245 e. The van der Waals surface area contributed by atoms with E-state index in [1.54, 1.807) is 10.9 Å². The second-order valence-electron chi connectivity index (χ2n) is 6.67. The van der Waals surface area contributed by atoms with Crippen molar-refractivity contribution >= 4 is 22.5 Å². The Morgan fingerprint density at radius 1 is 1.23 bits per heavy atom. The van der Waals surface area contributed by atoms with Gasteiger partial charge in [0.2, 0.25) is 5.91 Å². The van der Waals surface area contributed by atoms with Crippen LogP contribution in [0.1, 0.15) is 12.8 Å². The number of anilines is 1. The largest absolute Gasteiger partial charge is 0.366 e. The van der Waals surface area contributed by atoms with Gasteiger partial charge in [0, 0.05) is 42.6 Å². The Balaban J connectivity index is 1.54. The summed E-state index contributed by atoms with van der Waals surface area (Å²) in [4.78, 5) is 18.7. The van der Waals surface area contributed by atoms with Crippen molar-refractivity contribution in [1.29, 1.82) is 0 Å². The monoisotopic (exact) mass is 347 g/mol. The molecule has 0 bridgehead atoms. The van der Waals surface area contributed by atoms with Crippen LogP contribution < -0.4 is 5.32 Å². The van der Waals surface area contributed by atoms with Gasteiger partial charge in [-0.3, -0.25) is 9.48 Å². The molecule has 6 nitrogen and oxygen atoms in total. The second kappa shape index (κ2) is 6.63. The molecule has 6 heteroatoms. The Morgan fingerprint density at radius 2 is 2.12 bits per heavy atom. The number of benzene rings is 1. The molecule has 1 aliphatic heterocycles. The van der Waals surface area contributed by atoms with E-state index in [0.29, 0.717) is 12.4 Å². The lowest BCUT2D eigenvalue weighted by Crippen LogP contribution is -2.30. The van der Waals surface area contributed by atoms with Crippen LogP contribution >= 0.6 is 0 Å². The molecule has 2 aromatic heterocycles. The first kappa shape index (κ1) is 16.3. The van der Waals surface area contributed by atoms with Crippen LogP contribution in [0.4, 0.5) is 5.82 Å². The van der Waals surface area contributed by atoms with Crippen molar-refractivity contribution in [3.8, 4) is 11.1 Å². The van der Waals surface area contributed by atoms with Gasteiger partial charge < -0.3 is 10.2 Å². The summed E-state index contributed by atoms with van der Waals surface area (Å²) >= 11 is 0. The van der Waals surface area contributed by atoms with Gasteiger partial charge in [-0.2, -0.15) is 5.10 Å². The molecule has 0 aliphatic carbocycles. The normalized spacial score (nSPS) is 14.2. The molecule has 1 saturated heterocycles. The van der Waals surface area contributed by atoms with Crippen LogP contribution in [0.15, 0.2) is 55.1 Å². The van der Waals surface area contributed by atoms with Crippen molar-refractivity contribution in [2.45, 2.75) is 12.8 Å². The molecule has 1 aromatic carbocycles. The minimum atomic E-state index is -0.0664. The van der Waals surface area contributed by atoms with Gasteiger partial charge in [-0.15, -0.1) is 0 Å². The number of rotatable bonds is 4. The van der Waals surface area contributed by atoms with E-state index in [1.807, 2.05) is 36.5 Å². The van der Waals surface area contributed by atoms with E-state index < -0.39 is 0 Å².